The summed E-state index contributed by atoms with van der Waals surface area (Å²) >= 11 is 5.96. The number of carbonyl (C=O) groups is 1. The maximum absolute atomic E-state index is 12.1. The summed E-state index contributed by atoms with van der Waals surface area (Å²) in [7, 11) is 1.77. The number of pyridine rings is 1. The summed E-state index contributed by atoms with van der Waals surface area (Å²) in [4.78, 5) is 20.3. The Kier molecular flexibility index (Phi) is 6.12. The summed E-state index contributed by atoms with van der Waals surface area (Å²) in [6.45, 7) is 7.88. The summed E-state index contributed by atoms with van der Waals surface area (Å²) in [5, 5.41) is 9.46. The zero-order chi connectivity index (χ0) is 18.6. The van der Waals surface area contributed by atoms with Crippen LogP contribution in [0.25, 0.3) is 0 Å². The molecular formula is C18H25ClN4O2. The molecule has 1 aliphatic heterocycles. The van der Waals surface area contributed by atoms with Gasteiger partial charge in [-0.25, -0.2) is 9.78 Å². The molecular weight excluding hydrogens is 340 g/mol. The minimum atomic E-state index is -0.495. The van der Waals surface area contributed by atoms with Crippen LogP contribution in [0.4, 0.5) is 10.6 Å². The fraction of sp³-hybridized carbons (Fsp3) is 0.611. The van der Waals surface area contributed by atoms with E-state index in [0.717, 1.165) is 31.7 Å². The second kappa shape index (κ2) is 7.92. The predicted octanol–water partition coefficient (Wildman–Crippen LogP) is 3.69. The SMILES string of the molecule is CN(CC1CCCN(c2ccc(Cl)c(C#N)n2)C1)C(=O)OC(C)(C)C. The van der Waals surface area contributed by atoms with E-state index in [4.69, 9.17) is 21.6 Å². The van der Waals surface area contributed by atoms with Gasteiger partial charge in [0.1, 0.15) is 17.5 Å². The van der Waals surface area contributed by atoms with E-state index in [9.17, 15) is 4.79 Å². The van der Waals surface area contributed by atoms with E-state index in [2.05, 4.69) is 9.88 Å². The maximum Gasteiger partial charge on any atom is 0.410 e. The van der Waals surface area contributed by atoms with Crippen LogP contribution in [0.5, 0.6) is 0 Å². The Labute approximate surface area is 154 Å². The van der Waals surface area contributed by atoms with Gasteiger partial charge < -0.3 is 14.5 Å². The van der Waals surface area contributed by atoms with E-state index >= 15 is 0 Å². The van der Waals surface area contributed by atoms with Gasteiger partial charge in [-0.1, -0.05) is 11.6 Å². The number of nitriles is 1. The van der Waals surface area contributed by atoms with Crippen molar-refractivity contribution in [2.45, 2.75) is 39.2 Å². The van der Waals surface area contributed by atoms with Gasteiger partial charge in [0.25, 0.3) is 0 Å². The van der Waals surface area contributed by atoms with Crippen molar-refractivity contribution < 1.29 is 9.53 Å². The number of rotatable bonds is 3. The monoisotopic (exact) mass is 364 g/mol. The molecule has 1 aromatic heterocycles. The number of halogens is 1. The molecule has 0 N–H and O–H groups in total. The molecule has 6 nitrogen and oxygen atoms in total. The largest absolute Gasteiger partial charge is 0.444 e. The van der Waals surface area contributed by atoms with Crippen molar-refractivity contribution in [1.82, 2.24) is 9.88 Å². The first kappa shape index (κ1) is 19.3. The second-order valence-electron chi connectivity index (χ2n) is 7.43. The highest BCUT2D eigenvalue weighted by molar-refractivity contribution is 6.31. The highest BCUT2D eigenvalue weighted by atomic mass is 35.5. The van der Waals surface area contributed by atoms with Crippen LogP contribution in [-0.2, 0) is 4.74 Å². The molecule has 1 unspecified atom stereocenters. The normalized spacial score (nSPS) is 17.8. The number of ether oxygens (including phenoxy) is 1. The Morgan fingerprint density at radius 3 is 2.88 bits per heavy atom. The second-order valence-corrected chi connectivity index (χ2v) is 7.83. The van der Waals surface area contributed by atoms with Crippen LogP contribution in [0.15, 0.2) is 12.1 Å². The summed E-state index contributed by atoms with van der Waals surface area (Å²) in [5.41, 5.74) is -0.252. The Bertz CT molecular complexity index is 666. The zero-order valence-electron chi connectivity index (χ0n) is 15.3. The Morgan fingerprint density at radius 1 is 1.52 bits per heavy atom. The van der Waals surface area contributed by atoms with Crippen molar-refractivity contribution in [2.75, 3.05) is 31.6 Å². The van der Waals surface area contributed by atoms with Gasteiger partial charge >= 0.3 is 6.09 Å². The Balaban J connectivity index is 1.99. The number of piperidine rings is 1. The summed E-state index contributed by atoms with van der Waals surface area (Å²) < 4.78 is 5.41. The average molecular weight is 365 g/mol. The molecule has 1 atom stereocenters. The molecule has 1 fully saturated rings. The molecule has 1 saturated heterocycles. The van der Waals surface area contributed by atoms with Crippen molar-refractivity contribution in [3.8, 4) is 6.07 Å². The van der Waals surface area contributed by atoms with Crippen LogP contribution in [-0.4, -0.2) is 48.3 Å². The Morgan fingerprint density at radius 2 is 2.24 bits per heavy atom. The van der Waals surface area contributed by atoms with Gasteiger partial charge in [-0.05, 0) is 51.7 Å². The lowest BCUT2D eigenvalue weighted by atomic mass is 9.97. The highest BCUT2D eigenvalue weighted by Crippen LogP contribution is 2.25. The van der Waals surface area contributed by atoms with Crippen LogP contribution < -0.4 is 4.90 Å². The maximum atomic E-state index is 12.1. The van der Waals surface area contributed by atoms with Crippen LogP contribution in [0.3, 0.4) is 0 Å². The number of nitrogens with zero attached hydrogens (tertiary/aromatic N) is 4. The number of hydrogen-bond acceptors (Lipinski definition) is 5. The molecule has 1 amide bonds. The first-order valence-electron chi connectivity index (χ1n) is 8.45. The minimum Gasteiger partial charge on any atom is -0.444 e. The molecule has 25 heavy (non-hydrogen) atoms. The van der Waals surface area contributed by atoms with Gasteiger partial charge in [0.15, 0.2) is 5.69 Å². The molecule has 7 heteroatoms. The third-order valence-corrected chi connectivity index (χ3v) is 4.32. The molecule has 0 radical (unpaired) electrons. The van der Waals surface area contributed by atoms with Crippen molar-refractivity contribution in [3.63, 3.8) is 0 Å². The van der Waals surface area contributed by atoms with Crippen LogP contribution in [0, 0.1) is 17.2 Å². The van der Waals surface area contributed by atoms with Crippen LogP contribution >= 0.6 is 11.6 Å². The molecule has 1 aromatic rings. The molecule has 0 aliphatic carbocycles. The van der Waals surface area contributed by atoms with Crippen molar-refractivity contribution in [1.29, 1.82) is 5.26 Å². The van der Waals surface area contributed by atoms with E-state index in [1.807, 2.05) is 32.9 Å². The molecule has 1 aliphatic rings. The van der Waals surface area contributed by atoms with Gasteiger partial charge in [0.05, 0.1) is 5.02 Å². The highest BCUT2D eigenvalue weighted by Gasteiger charge is 2.26. The fourth-order valence-corrected chi connectivity index (χ4v) is 3.06. The topological polar surface area (TPSA) is 69.5 Å². The van der Waals surface area contributed by atoms with E-state index in [-0.39, 0.29) is 11.8 Å². The molecule has 136 valence electrons. The molecule has 0 aromatic carbocycles. The van der Waals surface area contributed by atoms with Gasteiger partial charge in [0.2, 0.25) is 0 Å². The predicted molar refractivity (Wildman–Crippen MR) is 97.8 cm³/mol. The quantitative estimate of drug-likeness (QED) is 0.818. The smallest absolute Gasteiger partial charge is 0.410 e. The van der Waals surface area contributed by atoms with Crippen molar-refractivity contribution in [2.24, 2.45) is 5.92 Å². The number of hydrogen-bond donors (Lipinski definition) is 0. The minimum absolute atomic E-state index is 0.243. The first-order chi connectivity index (χ1) is 11.7. The average Bonchev–Trinajstić information content (AvgIpc) is 2.54. The van der Waals surface area contributed by atoms with E-state index < -0.39 is 5.60 Å². The summed E-state index contributed by atoms with van der Waals surface area (Å²) in [5.74, 6) is 1.08. The number of amides is 1. The molecule has 0 bridgehead atoms. The summed E-state index contributed by atoms with van der Waals surface area (Å²) in [6.07, 6.45) is 1.75. The molecule has 0 spiro atoms. The van der Waals surface area contributed by atoms with E-state index in [1.54, 1.807) is 18.0 Å². The van der Waals surface area contributed by atoms with Crippen LogP contribution in [0.2, 0.25) is 5.02 Å². The van der Waals surface area contributed by atoms with Crippen molar-refractivity contribution in [3.05, 3.63) is 22.8 Å². The van der Waals surface area contributed by atoms with Crippen LogP contribution in [0.1, 0.15) is 39.3 Å². The lowest BCUT2D eigenvalue weighted by molar-refractivity contribution is 0.0269. The number of carbonyl (C=O) groups excluding carboxylic acids is 1. The molecule has 2 rings (SSSR count). The first-order valence-corrected chi connectivity index (χ1v) is 8.83. The molecule has 2 heterocycles. The fourth-order valence-electron chi connectivity index (χ4n) is 2.91. The molecule has 0 saturated carbocycles. The summed E-state index contributed by atoms with van der Waals surface area (Å²) in [6, 6.07) is 5.56. The van der Waals surface area contributed by atoms with Crippen molar-refractivity contribution >= 4 is 23.5 Å². The standard InChI is InChI=1S/C18H25ClN4O2/c1-18(2,3)25-17(24)22(4)11-13-6-5-9-23(12-13)16-8-7-14(19)15(10-20)21-16/h7-8,13H,5-6,9,11-12H2,1-4H3. The lowest BCUT2D eigenvalue weighted by Crippen LogP contribution is -2.43. The zero-order valence-corrected chi connectivity index (χ0v) is 16.0. The van der Waals surface area contributed by atoms with Gasteiger partial charge in [-0.3, -0.25) is 0 Å². The Hall–Kier alpha value is -2.00. The third-order valence-electron chi connectivity index (χ3n) is 4.02. The van der Waals surface area contributed by atoms with E-state index in [1.165, 1.54) is 0 Å². The lowest BCUT2D eigenvalue weighted by Gasteiger charge is -2.35. The van der Waals surface area contributed by atoms with E-state index in [0.29, 0.717) is 17.5 Å². The van der Waals surface area contributed by atoms with Gasteiger partial charge in [0, 0.05) is 26.7 Å². The third kappa shape index (κ3) is 5.50. The number of aromatic nitrogens is 1. The number of anilines is 1. The van der Waals surface area contributed by atoms with Gasteiger partial charge in [-0.2, -0.15) is 5.26 Å². The van der Waals surface area contributed by atoms with Gasteiger partial charge in [-0.15, -0.1) is 0 Å².